The Morgan fingerprint density at radius 1 is 1.19 bits per heavy atom. The van der Waals surface area contributed by atoms with Crippen LogP contribution in [0.5, 0.6) is 0 Å². The number of aryl methyl sites for hydroxylation is 1. The van der Waals surface area contributed by atoms with Gasteiger partial charge >= 0.3 is 0 Å². The molecule has 0 saturated carbocycles. The molecule has 2 aromatic carbocycles. The minimum atomic E-state index is -3.68. The van der Waals surface area contributed by atoms with Crippen LogP contribution in [0.2, 0.25) is 5.02 Å². The van der Waals surface area contributed by atoms with E-state index in [-0.39, 0.29) is 4.90 Å². The van der Waals surface area contributed by atoms with E-state index in [1.165, 1.54) is 0 Å². The van der Waals surface area contributed by atoms with Gasteiger partial charge in [0.25, 0.3) is 10.0 Å². The van der Waals surface area contributed by atoms with Gasteiger partial charge in [-0.2, -0.15) is 0 Å². The molecule has 0 bridgehead atoms. The van der Waals surface area contributed by atoms with Gasteiger partial charge in [-0.05, 0) is 48.7 Å². The molecular formula is C15H17ClN2O2S. The first kappa shape index (κ1) is 15.8. The summed E-state index contributed by atoms with van der Waals surface area (Å²) < 4.78 is 27.7. The lowest BCUT2D eigenvalue weighted by atomic mass is 10.1. The maximum absolute atomic E-state index is 12.6. The third-order valence-electron chi connectivity index (χ3n) is 3.29. The molecule has 0 aliphatic rings. The van der Waals surface area contributed by atoms with E-state index in [0.717, 1.165) is 5.56 Å². The highest BCUT2D eigenvalue weighted by Crippen LogP contribution is 2.26. The van der Waals surface area contributed by atoms with E-state index < -0.39 is 10.0 Å². The van der Waals surface area contributed by atoms with E-state index in [4.69, 9.17) is 17.3 Å². The van der Waals surface area contributed by atoms with Crippen molar-refractivity contribution in [1.82, 2.24) is 0 Å². The molecule has 2 aromatic rings. The lowest BCUT2D eigenvalue weighted by molar-refractivity contribution is 0.600. The van der Waals surface area contributed by atoms with Crippen LogP contribution >= 0.6 is 11.6 Å². The summed E-state index contributed by atoms with van der Waals surface area (Å²) in [5.41, 5.74) is 8.17. The summed E-state index contributed by atoms with van der Waals surface area (Å²) in [5.74, 6) is 0. The summed E-state index contributed by atoms with van der Waals surface area (Å²) in [7, 11) is -3.68. The van der Waals surface area contributed by atoms with Crippen molar-refractivity contribution < 1.29 is 8.42 Å². The minimum absolute atomic E-state index is 0.227. The number of sulfonamides is 1. The predicted molar refractivity (Wildman–Crippen MR) is 86.1 cm³/mol. The first-order valence-electron chi connectivity index (χ1n) is 6.42. The van der Waals surface area contributed by atoms with E-state index in [9.17, 15) is 8.42 Å². The molecule has 0 aliphatic carbocycles. The average molecular weight is 325 g/mol. The van der Waals surface area contributed by atoms with Gasteiger partial charge in [0.05, 0.1) is 10.6 Å². The summed E-state index contributed by atoms with van der Waals surface area (Å²) in [6, 6.07) is 10.3. The fourth-order valence-electron chi connectivity index (χ4n) is 1.98. The largest absolute Gasteiger partial charge is 0.326 e. The van der Waals surface area contributed by atoms with Gasteiger partial charge in [0.15, 0.2) is 0 Å². The molecule has 2 rings (SSSR count). The van der Waals surface area contributed by atoms with Crippen LogP contribution in [0.1, 0.15) is 16.7 Å². The molecule has 6 heteroatoms. The molecule has 0 radical (unpaired) electrons. The van der Waals surface area contributed by atoms with Gasteiger partial charge in [-0.25, -0.2) is 8.42 Å². The Morgan fingerprint density at radius 2 is 1.90 bits per heavy atom. The molecule has 0 unspecified atom stereocenters. The van der Waals surface area contributed by atoms with Gasteiger partial charge in [0.2, 0.25) is 0 Å². The van der Waals surface area contributed by atoms with Crippen LogP contribution in [0.15, 0.2) is 41.3 Å². The van der Waals surface area contributed by atoms with Crippen molar-refractivity contribution in [2.75, 3.05) is 4.72 Å². The van der Waals surface area contributed by atoms with Crippen LogP contribution in [0.25, 0.3) is 0 Å². The molecular weight excluding hydrogens is 308 g/mol. The first-order chi connectivity index (χ1) is 9.85. The zero-order valence-corrected chi connectivity index (χ0v) is 13.4. The monoisotopic (exact) mass is 324 g/mol. The lowest BCUT2D eigenvalue weighted by Crippen LogP contribution is -2.15. The summed E-state index contributed by atoms with van der Waals surface area (Å²) in [5, 5.41) is 0.516. The summed E-state index contributed by atoms with van der Waals surface area (Å²) in [4.78, 5) is 0.227. The fraction of sp³-hybridized carbons (Fsp3) is 0.200. The van der Waals surface area contributed by atoms with E-state index in [0.29, 0.717) is 28.4 Å². The maximum Gasteiger partial charge on any atom is 0.262 e. The number of nitrogens with one attached hydrogen (secondary N) is 1. The Balaban J connectivity index is 2.46. The summed E-state index contributed by atoms with van der Waals surface area (Å²) in [6.07, 6.45) is 0. The Labute approximate surface area is 130 Å². The zero-order valence-electron chi connectivity index (χ0n) is 11.9. The highest BCUT2D eigenvalue weighted by Gasteiger charge is 2.18. The van der Waals surface area contributed by atoms with Crippen molar-refractivity contribution in [3.8, 4) is 0 Å². The second-order valence-electron chi connectivity index (χ2n) is 4.82. The fourth-order valence-corrected chi connectivity index (χ4v) is 3.57. The van der Waals surface area contributed by atoms with Gasteiger partial charge < -0.3 is 5.73 Å². The quantitative estimate of drug-likeness (QED) is 0.907. The third-order valence-corrected chi connectivity index (χ3v) is 5.21. The number of anilines is 1. The molecule has 0 aromatic heterocycles. The number of rotatable bonds is 4. The summed E-state index contributed by atoms with van der Waals surface area (Å²) >= 11 is 6.02. The number of hydrogen-bond donors (Lipinski definition) is 2. The van der Waals surface area contributed by atoms with Gasteiger partial charge in [0.1, 0.15) is 0 Å². The van der Waals surface area contributed by atoms with E-state index >= 15 is 0 Å². The molecule has 0 atom stereocenters. The standard InChI is InChI=1S/C15H17ClN2O2S/c1-10-6-7-12(9-17)8-15(10)21(19,20)18-14-5-3-4-13(16)11(14)2/h3-8,18H,9,17H2,1-2H3. The molecule has 0 spiro atoms. The summed E-state index contributed by atoms with van der Waals surface area (Å²) in [6.45, 7) is 3.81. The van der Waals surface area contributed by atoms with Crippen molar-refractivity contribution in [1.29, 1.82) is 0 Å². The highest BCUT2D eigenvalue weighted by molar-refractivity contribution is 7.92. The molecule has 0 saturated heterocycles. The normalized spacial score (nSPS) is 11.4. The zero-order chi connectivity index (χ0) is 15.6. The van der Waals surface area contributed by atoms with Crippen molar-refractivity contribution >= 4 is 27.3 Å². The smallest absolute Gasteiger partial charge is 0.262 e. The molecule has 0 aliphatic heterocycles. The first-order valence-corrected chi connectivity index (χ1v) is 8.29. The van der Waals surface area contributed by atoms with Gasteiger partial charge in [-0.3, -0.25) is 4.72 Å². The second-order valence-corrected chi connectivity index (χ2v) is 6.88. The molecule has 0 heterocycles. The Hall–Kier alpha value is -1.56. The predicted octanol–water partition coefficient (Wildman–Crippen LogP) is 3.22. The van der Waals surface area contributed by atoms with Gasteiger partial charge in [-0.15, -0.1) is 0 Å². The van der Waals surface area contributed by atoms with Crippen molar-refractivity contribution in [3.05, 3.63) is 58.1 Å². The van der Waals surface area contributed by atoms with E-state index in [2.05, 4.69) is 4.72 Å². The van der Waals surface area contributed by atoms with Crippen LogP contribution < -0.4 is 10.5 Å². The molecule has 21 heavy (non-hydrogen) atoms. The van der Waals surface area contributed by atoms with Crippen LogP contribution in [0.3, 0.4) is 0 Å². The number of nitrogens with two attached hydrogens (primary N) is 1. The van der Waals surface area contributed by atoms with Gasteiger partial charge in [-0.1, -0.05) is 29.8 Å². The number of benzene rings is 2. The van der Waals surface area contributed by atoms with E-state index in [1.807, 2.05) is 6.07 Å². The minimum Gasteiger partial charge on any atom is -0.326 e. The number of hydrogen-bond acceptors (Lipinski definition) is 3. The van der Waals surface area contributed by atoms with Crippen LogP contribution in [-0.4, -0.2) is 8.42 Å². The molecule has 112 valence electrons. The lowest BCUT2D eigenvalue weighted by Gasteiger charge is -2.13. The van der Waals surface area contributed by atoms with Gasteiger partial charge in [0, 0.05) is 11.6 Å². The molecule has 0 amide bonds. The van der Waals surface area contributed by atoms with Crippen LogP contribution in [0, 0.1) is 13.8 Å². The van der Waals surface area contributed by atoms with Crippen molar-refractivity contribution in [2.24, 2.45) is 5.73 Å². The van der Waals surface area contributed by atoms with Crippen LogP contribution in [0.4, 0.5) is 5.69 Å². The molecule has 3 N–H and O–H groups in total. The topological polar surface area (TPSA) is 72.2 Å². The maximum atomic E-state index is 12.6. The van der Waals surface area contributed by atoms with Crippen molar-refractivity contribution in [3.63, 3.8) is 0 Å². The average Bonchev–Trinajstić information content (AvgIpc) is 2.44. The Bertz CT molecular complexity index is 773. The third kappa shape index (κ3) is 3.37. The number of halogens is 1. The molecule has 0 fully saturated rings. The van der Waals surface area contributed by atoms with E-state index in [1.54, 1.807) is 44.2 Å². The SMILES string of the molecule is Cc1ccc(CN)cc1S(=O)(=O)Nc1cccc(Cl)c1C. The molecule has 4 nitrogen and oxygen atoms in total. The second kappa shape index (κ2) is 6.05. The Morgan fingerprint density at radius 3 is 2.57 bits per heavy atom. The highest BCUT2D eigenvalue weighted by atomic mass is 35.5. The van der Waals surface area contributed by atoms with Crippen LogP contribution in [-0.2, 0) is 16.6 Å². The van der Waals surface area contributed by atoms with Crippen molar-refractivity contribution in [2.45, 2.75) is 25.3 Å². The Kier molecular flexibility index (Phi) is 4.56.